The lowest BCUT2D eigenvalue weighted by molar-refractivity contribution is -0.131. The van der Waals surface area contributed by atoms with Crippen molar-refractivity contribution in [1.29, 1.82) is 0 Å². The molecule has 0 aliphatic carbocycles. The summed E-state index contributed by atoms with van der Waals surface area (Å²) < 4.78 is 10.4. The molecule has 1 aromatic rings. The maximum atomic E-state index is 11.2. The molecule has 6 nitrogen and oxygen atoms in total. The molecule has 1 aromatic carbocycles. The van der Waals surface area contributed by atoms with Gasteiger partial charge in [0.1, 0.15) is 0 Å². The van der Waals surface area contributed by atoms with E-state index < -0.39 is 11.9 Å². The summed E-state index contributed by atoms with van der Waals surface area (Å²) in [5.41, 5.74) is 0.844. The van der Waals surface area contributed by atoms with Crippen molar-refractivity contribution in [3.05, 3.63) is 35.9 Å². The Morgan fingerprint density at radius 3 is 2.83 bits per heavy atom. The lowest BCUT2D eigenvalue weighted by Crippen LogP contribution is -2.20. The molecule has 1 aliphatic heterocycles. The second kappa shape index (κ2) is 5.22. The highest BCUT2D eigenvalue weighted by atomic mass is 16.7. The van der Waals surface area contributed by atoms with Crippen LogP contribution in [0.3, 0.4) is 0 Å². The van der Waals surface area contributed by atoms with Crippen molar-refractivity contribution < 1.29 is 24.2 Å². The van der Waals surface area contributed by atoms with Gasteiger partial charge in [-0.1, -0.05) is 6.07 Å². The van der Waals surface area contributed by atoms with Gasteiger partial charge in [-0.2, -0.15) is 0 Å². The zero-order chi connectivity index (χ0) is 13.0. The van der Waals surface area contributed by atoms with Gasteiger partial charge >= 0.3 is 5.97 Å². The molecule has 2 N–H and O–H groups in total. The van der Waals surface area contributed by atoms with E-state index in [1.165, 1.54) is 0 Å². The highest BCUT2D eigenvalue weighted by molar-refractivity contribution is 5.93. The van der Waals surface area contributed by atoms with Crippen LogP contribution in [0.15, 0.2) is 30.4 Å². The highest BCUT2D eigenvalue weighted by Gasteiger charge is 2.13. The topological polar surface area (TPSA) is 84.9 Å². The molecule has 1 heterocycles. The lowest BCUT2D eigenvalue weighted by Gasteiger charge is -2.03. The number of carboxylic acid groups (broad SMARTS) is 1. The molecule has 6 heteroatoms. The van der Waals surface area contributed by atoms with Gasteiger partial charge in [0.15, 0.2) is 11.5 Å². The third kappa shape index (κ3) is 3.00. The Morgan fingerprint density at radius 2 is 2.06 bits per heavy atom. The Kier molecular flexibility index (Phi) is 3.47. The Labute approximate surface area is 103 Å². The van der Waals surface area contributed by atoms with Gasteiger partial charge in [-0.25, -0.2) is 4.79 Å². The molecule has 2 rings (SSSR count). The van der Waals surface area contributed by atoms with Gasteiger partial charge in [0.25, 0.3) is 0 Å². The van der Waals surface area contributed by atoms with Crippen molar-refractivity contribution in [2.75, 3.05) is 6.79 Å². The zero-order valence-corrected chi connectivity index (χ0v) is 9.38. The normalized spacial score (nSPS) is 12.7. The van der Waals surface area contributed by atoms with Gasteiger partial charge in [-0.3, -0.25) is 4.79 Å². The van der Waals surface area contributed by atoms with E-state index in [2.05, 4.69) is 5.32 Å². The minimum Gasteiger partial charge on any atom is -0.478 e. The molecule has 0 saturated heterocycles. The summed E-state index contributed by atoms with van der Waals surface area (Å²) in [5.74, 6) is -0.304. The van der Waals surface area contributed by atoms with Crippen LogP contribution in [0.5, 0.6) is 11.5 Å². The lowest BCUT2D eigenvalue weighted by atomic mass is 10.2. The molecule has 0 bridgehead atoms. The molecular weight excluding hydrogens is 238 g/mol. The van der Waals surface area contributed by atoms with Crippen LogP contribution in [0, 0.1) is 0 Å². The molecule has 0 aromatic heterocycles. The quantitative estimate of drug-likeness (QED) is 0.766. The van der Waals surface area contributed by atoms with Crippen LogP contribution >= 0.6 is 0 Å². The first kappa shape index (κ1) is 12.0. The number of rotatable bonds is 4. The van der Waals surface area contributed by atoms with Crippen molar-refractivity contribution >= 4 is 11.9 Å². The first-order chi connectivity index (χ1) is 8.65. The number of hydrogen-bond acceptors (Lipinski definition) is 4. The molecule has 0 radical (unpaired) electrons. The largest absolute Gasteiger partial charge is 0.478 e. The van der Waals surface area contributed by atoms with Crippen LogP contribution in [-0.2, 0) is 16.1 Å². The van der Waals surface area contributed by atoms with Crippen LogP contribution in [0.4, 0.5) is 0 Å². The fourth-order valence-electron chi connectivity index (χ4n) is 1.45. The van der Waals surface area contributed by atoms with E-state index in [4.69, 9.17) is 14.6 Å². The van der Waals surface area contributed by atoms with E-state index in [-0.39, 0.29) is 6.79 Å². The standard InChI is InChI=1S/C12H11NO5/c14-11(3-4-12(15)16)13-6-8-1-2-9-10(5-8)18-7-17-9/h1-5H,6-7H2,(H,13,14)(H,15,16). The first-order valence-corrected chi connectivity index (χ1v) is 5.22. The van der Waals surface area contributed by atoms with Crippen LogP contribution in [0.2, 0.25) is 0 Å². The summed E-state index contributed by atoms with van der Waals surface area (Å²) in [6, 6.07) is 5.33. The summed E-state index contributed by atoms with van der Waals surface area (Å²) >= 11 is 0. The smallest absolute Gasteiger partial charge is 0.328 e. The van der Waals surface area contributed by atoms with E-state index in [0.717, 1.165) is 17.7 Å². The monoisotopic (exact) mass is 249 g/mol. The highest BCUT2D eigenvalue weighted by Crippen LogP contribution is 2.32. The number of fused-ring (bicyclic) bond motifs is 1. The molecular formula is C12H11NO5. The SMILES string of the molecule is O=C(O)C=CC(=O)NCc1ccc2c(c1)OCO2. The van der Waals surface area contributed by atoms with Crippen LogP contribution < -0.4 is 14.8 Å². The third-order valence-corrected chi connectivity index (χ3v) is 2.28. The van der Waals surface area contributed by atoms with Gasteiger partial charge in [0.2, 0.25) is 12.7 Å². The second-order valence-electron chi connectivity index (χ2n) is 3.58. The van der Waals surface area contributed by atoms with Crippen LogP contribution in [0.1, 0.15) is 5.56 Å². The minimum atomic E-state index is -1.16. The fourth-order valence-corrected chi connectivity index (χ4v) is 1.45. The summed E-state index contributed by atoms with van der Waals surface area (Å²) in [6.45, 7) is 0.492. The number of amides is 1. The Morgan fingerprint density at radius 1 is 1.28 bits per heavy atom. The van der Waals surface area contributed by atoms with Gasteiger partial charge in [-0.15, -0.1) is 0 Å². The van der Waals surface area contributed by atoms with Crippen molar-refractivity contribution in [3.63, 3.8) is 0 Å². The van der Waals surface area contributed by atoms with E-state index in [1.54, 1.807) is 18.2 Å². The second-order valence-corrected chi connectivity index (χ2v) is 3.58. The average Bonchev–Trinajstić information content (AvgIpc) is 2.81. The number of carbonyl (C=O) groups is 2. The van der Waals surface area contributed by atoms with Crippen molar-refractivity contribution in [2.24, 2.45) is 0 Å². The Balaban J connectivity index is 1.90. The van der Waals surface area contributed by atoms with Gasteiger partial charge in [-0.05, 0) is 17.7 Å². The average molecular weight is 249 g/mol. The third-order valence-electron chi connectivity index (χ3n) is 2.28. The van der Waals surface area contributed by atoms with Gasteiger partial charge < -0.3 is 19.9 Å². The van der Waals surface area contributed by atoms with E-state index in [9.17, 15) is 9.59 Å². The van der Waals surface area contributed by atoms with Gasteiger partial charge in [0.05, 0.1) is 0 Å². The van der Waals surface area contributed by atoms with Crippen LogP contribution in [-0.4, -0.2) is 23.8 Å². The summed E-state index contributed by atoms with van der Waals surface area (Å²) in [5, 5.41) is 10.9. The number of aliphatic carboxylic acids is 1. The number of carbonyl (C=O) groups excluding carboxylic acids is 1. The predicted molar refractivity (Wildman–Crippen MR) is 61.2 cm³/mol. The van der Waals surface area contributed by atoms with Crippen molar-refractivity contribution in [2.45, 2.75) is 6.54 Å². The van der Waals surface area contributed by atoms with Gasteiger partial charge in [0, 0.05) is 18.7 Å². The first-order valence-electron chi connectivity index (χ1n) is 5.22. The number of ether oxygens (including phenoxy) is 2. The molecule has 0 unspecified atom stereocenters. The van der Waals surface area contributed by atoms with Crippen molar-refractivity contribution in [1.82, 2.24) is 5.32 Å². The maximum absolute atomic E-state index is 11.2. The Hall–Kier alpha value is -2.50. The summed E-state index contributed by atoms with van der Waals surface area (Å²) in [7, 11) is 0. The maximum Gasteiger partial charge on any atom is 0.328 e. The number of carboxylic acids is 1. The molecule has 18 heavy (non-hydrogen) atoms. The zero-order valence-electron chi connectivity index (χ0n) is 9.38. The van der Waals surface area contributed by atoms with Crippen molar-refractivity contribution in [3.8, 4) is 11.5 Å². The van der Waals surface area contributed by atoms with Crippen LogP contribution in [0.25, 0.3) is 0 Å². The summed E-state index contributed by atoms with van der Waals surface area (Å²) in [4.78, 5) is 21.4. The Bertz CT molecular complexity index is 509. The molecule has 1 aliphatic rings. The predicted octanol–water partition coefficient (Wildman–Crippen LogP) is 0.672. The number of benzene rings is 1. The number of hydrogen-bond donors (Lipinski definition) is 2. The van der Waals surface area contributed by atoms with E-state index in [0.29, 0.717) is 18.0 Å². The minimum absolute atomic E-state index is 0.201. The number of nitrogens with one attached hydrogen (secondary N) is 1. The fraction of sp³-hybridized carbons (Fsp3) is 0.167. The molecule has 1 amide bonds. The molecule has 0 fully saturated rings. The molecule has 94 valence electrons. The van der Waals surface area contributed by atoms with E-state index >= 15 is 0 Å². The molecule has 0 atom stereocenters. The molecule has 0 spiro atoms. The summed E-state index contributed by atoms with van der Waals surface area (Å²) in [6.07, 6.45) is 1.75. The molecule has 0 saturated carbocycles. The van der Waals surface area contributed by atoms with E-state index in [1.807, 2.05) is 0 Å².